The number of ether oxygens (including phenoxy) is 1. The number of hydrogen-bond donors (Lipinski definition) is 0. The third-order valence-corrected chi connectivity index (χ3v) is 4.82. The van der Waals surface area contributed by atoms with Gasteiger partial charge < -0.3 is 14.2 Å². The average molecular weight is 407 g/mol. The summed E-state index contributed by atoms with van der Waals surface area (Å²) < 4.78 is 20.7. The van der Waals surface area contributed by atoms with Crippen molar-refractivity contribution in [2.24, 2.45) is 0 Å². The molecule has 0 aliphatic rings. The molecule has 0 unspecified atom stereocenters. The van der Waals surface area contributed by atoms with E-state index in [-0.39, 0.29) is 11.7 Å². The van der Waals surface area contributed by atoms with Crippen molar-refractivity contribution in [1.82, 2.24) is 9.47 Å². The number of nitrogens with zero attached hydrogens (tertiary/aromatic N) is 2. The normalized spacial score (nSPS) is 11.1. The van der Waals surface area contributed by atoms with Crippen LogP contribution in [0.3, 0.4) is 0 Å². The summed E-state index contributed by atoms with van der Waals surface area (Å²) in [6.45, 7) is 2.22. The van der Waals surface area contributed by atoms with E-state index in [1.54, 1.807) is 19.3 Å². The smallest absolute Gasteiger partial charge is 0.246 e. The van der Waals surface area contributed by atoms with Gasteiger partial charge in [-0.15, -0.1) is 0 Å². The monoisotopic (exact) mass is 406 g/mol. The standard InChI is InChI=1S/C25H27FN2O2/c1-30-17-7-16-28(25(29)14-13-21-8-3-2-4-9-21)20-24-12-6-15-27(24)19-22-10-5-11-23(26)18-22/h2-6,8-15,18H,7,16-17,19-20H2,1H3/b14-13+. The van der Waals surface area contributed by atoms with Crippen LogP contribution in [-0.2, 0) is 22.6 Å². The van der Waals surface area contributed by atoms with Gasteiger partial charge >= 0.3 is 0 Å². The fraction of sp³-hybridized carbons (Fsp3) is 0.240. The lowest BCUT2D eigenvalue weighted by Gasteiger charge is -2.22. The Labute approximate surface area is 177 Å². The molecule has 0 radical (unpaired) electrons. The molecule has 0 bridgehead atoms. The Morgan fingerprint density at radius 1 is 1.10 bits per heavy atom. The zero-order valence-electron chi connectivity index (χ0n) is 17.2. The minimum Gasteiger partial charge on any atom is -0.385 e. The molecular formula is C25H27FN2O2. The van der Waals surface area contributed by atoms with Crippen molar-refractivity contribution in [3.05, 3.63) is 102 Å². The van der Waals surface area contributed by atoms with Crippen LogP contribution in [0.4, 0.5) is 4.39 Å². The van der Waals surface area contributed by atoms with Crippen LogP contribution in [0, 0.1) is 5.82 Å². The van der Waals surface area contributed by atoms with Crippen LogP contribution < -0.4 is 0 Å². The maximum atomic E-state index is 13.5. The van der Waals surface area contributed by atoms with Gasteiger partial charge in [-0.1, -0.05) is 42.5 Å². The van der Waals surface area contributed by atoms with Gasteiger partial charge in [0, 0.05) is 44.8 Å². The highest BCUT2D eigenvalue weighted by molar-refractivity contribution is 5.91. The largest absolute Gasteiger partial charge is 0.385 e. The number of benzene rings is 2. The van der Waals surface area contributed by atoms with E-state index in [2.05, 4.69) is 0 Å². The number of rotatable bonds is 10. The van der Waals surface area contributed by atoms with Crippen molar-refractivity contribution >= 4 is 12.0 Å². The summed E-state index contributed by atoms with van der Waals surface area (Å²) >= 11 is 0. The first-order chi connectivity index (χ1) is 14.7. The van der Waals surface area contributed by atoms with Crippen LogP contribution in [0.15, 0.2) is 79.0 Å². The Kier molecular flexibility index (Phi) is 7.98. The lowest BCUT2D eigenvalue weighted by molar-refractivity contribution is -0.126. The molecule has 30 heavy (non-hydrogen) atoms. The fourth-order valence-corrected chi connectivity index (χ4v) is 3.28. The van der Waals surface area contributed by atoms with Gasteiger partial charge in [0.2, 0.25) is 5.91 Å². The molecule has 1 aromatic heterocycles. The molecule has 3 rings (SSSR count). The number of hydrogen-bond acceptors (Lipinski definition) is 2. The van der Waals surface area contributed by atoms with Gasteiger partial charge in [-0.25, -0.2) is 4.39 Å². The first-order valence-corrected chi connectivity index (χ1v) is 10.0. The van der Waals surface area contributed by atoms with Crippen molar-refractivity contribution < 1.29 is 13.9 Å². The first kappa shape index (κ1) is 21.5. The fourth-order valence-electron chi connectivity index (χ4n) is 3.28. The third kappa shape index (κ3) is 6.42. The highest BCUT2D eigenvalue weighted by atomic mass is 19.1. The Morgan fingerprint density at radius 2 is 1.93 bits per heavy atom. The van der Waals surface area contributed by atoms with E-state index in [9.17, 15) is 9.18 Å². The maximum absolute atomic E-state index is 13.5. The average Bonchev–Trinajstić information content (AvgIpc) is 3.18. The van der Waals surface area contributed by atoms with E-state index in [1.165, 1.54) is 12.1 Å². The zero-order valence-corrected chi connectivity index (χ0v) is 17.2. The van der Waals surface area contributed by atoms with Gasteiger partial charge in [-0.3, -0.25) is 4.79 Å². The van der Waals surface area contributed by atoms with Gasteiger partial charge in [0.25, 0.3) is 0 Å². The molecule has 0 N–H and O–H groups in total. The summed E-state index contributed by atoms with van der Waals surface area (Å²) in [5.41, 5.74) is 2.86. The van der Waals surface area contributed by atoms with Crippen LogP contribution in [-0.4, -0.2) is 35.6 Å². The van der Waals surface area contributed by atoms with Gasteiger partial charge in [-0.05, 0) is 47.9 Å². The molecule has 156 valence electrons. The number of methoxy groups -OCH3 is 1. The summed E-state index contributed by atoms with van der Waals surface area (Å²) in [7, 11) is 1.66. The first-order valence-electron chi connectivity index (χ1n) is 10.0. The molecule has 0 aliphatic heterocycles. The molecule has 0 aliphatic carbocycles. The van der Waals surface area contributed by atoms with E-state index in [4.69, 9.17) is 4.74 Å². The van der Waals surface area contributed by atoms with Crippen molar-refractivity contribution in [3.8, 4) is 0 Å². The minimum atomic E-state index is -0.247. The number of carbonyl (C=O) groups excluding carboxylic acids is 1. The Balaban J connectivity index is 1.72. The molecular weight excluding hydrogens is 379 g/mol. The summed E-state index contributed by atoms with van der Waals surface area (Å²) in [5.74, 6) is -0.294. The Morgan fingerprint density at radius 3 is 2.70 bits per heavy atom. The zero-order chi connectivity index (χ0) is 21.2. The molecule has 0 saturated heterocycles. The van der Waals surface area contributed by atoms with Crippen LogP contribution in [0.2, 0.25) is 0 Å². The predicted octanol–water partition coefficient (Wildman–Crippen LogP) is 4.75. The molecule has 0 saturated carbocycles. The maximum Gasteiger partial charge on any atom is 0.246 e. The highest BCUT2D eigenvalue weighted by Gasteiger charge is 2.14. The summed E-state index contributed by atoms with van der Waals surface area (Å²) in [4.78, 5) is 14.7. The quantitative estimate of drug-likeness (QED) is 0.360. The van der Waals surface area contributed by atoms with E-state index in [1.807, 2.05) is 70.3 Å². The molecule has 2 aromatic carbocycles. The molecule has 3 aromatic rings. The lowest BCUT2D eigenvalue weighted by atomic mass is 10.2. The van der Waals surface area contributed by atoms with Crippen molar-refractivity contribution in [3.63, 3.8) is 0 Å². The van der Waals surface area contributed by atoms with Crippen LogP contribution in [0.25, 0.3) is 6.08 Å². The third-order valence-electron chi connectivity index (χ3n) is 4.82. The van der Waals surface area contributed by atoms with Crippen molar-refractivity contribution in [2.45, 2.75) is 19.5 Å². The topological polar surface area (TPSA) is 34.5 Å². The predicted molar refractivity (Wildman–Crippen MR) is 117 cm³/mol. The van der Waals surface area contributed by atoms with E-state index in [0.29, 0.717) is 26.2 Å². The van der Waals surface area contributed by atoms with Gasteiger partial charge in [0.15, 0.2) is 0 Å². The summed E-state index contributed by atoms with van der Waals surface area (Å²) in [6, 6.07) is 20.3. The Bertz CT molecular complexity index is 966. The van der Waals surface area contributed by atoms with Gasteiger partial charge in [-0.2, -0.15) is 0 Å². The van der Waals surface area contributed by atoms with Crippen molar-refractivity contribution in [1.29, 1.82) is 0 Å². The second-order valence-corrected chi connectivity index (χ2v) is 7.11. The molecule has 0 atom stereocenters. The van der Waals surface area contributed by atoms with E-state index < -0.39 is 0 Å². The molecule has 0 spiro atoms. The van der Waals surface area contributed by atoms with Gasteiger partial charge in [0.1, 0.15) is 5.82 Å². The lowest BCUT2D eigenvalue weighted by Crippen LogP contribution is -2.31. The highest BCUT2D eigenvalue weighted by Crippen LogP contribution is 2.13. The number of halogens is 1. The Hall–Kier alpha value is -3.18. The SMILES string of the molecule is COCCCN(Cc1cccn1Cc1cccc(F)c1)C(=O)/C=C/c1ccccc1. The minimum absolute atomic E-state index is 0.0477. The molecule has 4 nitrogen and oxygen atoms in total. The van der Waals surface area contributed by atoms with Crippen LogP contribution in [0.1, 0.15) is 23.2 Å². The second kappa shape index (κ2) is 11.1. The number of aromatic nitrogens is 1. The van der Waals surface area contributed by atoms with Gasteiger partial charge in [0.05, 0.1) is 6.54 Å². The number of amides is 1. The number of carbonyl (C=O) groups is 1. The molecule has 0 fully saturated rings. The summed E-state index contributed by atoms with van der Waals surface area (Å²) in [5, 5.41) is 0. The molecule has 1 amide bonds. The molecule has 5 heteroatoms. The van der Waals surface area contributed by atoms with Crippen LogP contribution in [0.5, 0.6) is 0 Å². The molecule has 1 heterocycles. The van der Waals surface area contributed by atoms with Crippen molar-refractivity contribution in [2.75, 3.05) is 20.3 Å². The van der Waals surface area contributed by atoms with Crippen LogP contribution >= 0.6 is 0 Å². The second-order valence-electron chi connectivity index (χ2n) is 7.11. The summed E-state index contributed by atoms with van der Waals surface area (Å²) in [6.07, 6.45) is 6.16. The van der Waals surface area contributed by atoms with E-state index in [0.717, 1.165) is 23.2 Å². The van der Waals surface area contributed by atoms with E-state index >= 15 is 0 Å².